The average Bonchev–Trinajstić information content (AvgIpc) is 3.02. The van der Waals surface area contributed by atoms with E-state index in [1.54, 1.807) is 11.3 Å². The third-order valence-corrected chi connectivity index (χ3v) is 4.38. The summed E-state index contributed by atoms with van der Waals surface area (Å²) in [7, 11) is 1.92. The van der Waals surface area contributed by atoms with E-state index in [2.05, 4.69) is 34.4 Å². The third kappa shape index (κ3) is 3.82. The monoisotopic (exact) mass is 310 g/mol. The molecule has 0 spiro atoms. The van der Waals surface area contributed by atoms with Gasteiger partial charge in [-0.1, -0.05) is 18.7 Å². The van der Waals surface area contributed by atoms with Crippen LogP contribution in [0.5, 0.6) is 0 Å². The van der Waals surface area contributed by atoms with Gasteiger partial charge >= 0.3 is 0 Å². The average molecular weight is 310 g/mol. The summed E-state index contributed by atoms with van der Waals surface area (Å²) >= 11 is 1.68. The van der Waals surface area contributed by atoms with Crippen molar-refractivity contribution in [1.82, 2.24) is 5.32 Å². The van der Waals surface area contributed by atoms with Crippen molar-refractivity contribution in [1.29, 1.82) is 5.26 Å². The molecule has 0 saturated heterocycles. The molecule has 112 valence electrons. The first-order chi connectivity index (χ1) is 10.7. The van der Waals surface area contributed by atoms with Crippen molar-refractivity contribution in [3.8, 4) is 17.2 Å². The van der Waals surface area contributed by atoms with Gasteiger partial charge in [0.15, 0.2) is 0 Å². The maximum Gasteiger partial charge on any atom is 0.0991 e. The summed E-state index contributed by atoms with van der Waals surface area (Å²) in [5, 5.41) is 14.4. The molecule has 0 amide bonds. The Kier molecular flexibility index (Phi) is 5.48. The minimum atomic E-state index is 0.147. The largest absolute Gasteiger partial charge is 0.390 e. The van der Waals surface area contributed by atoms with Gasteiger partial charge in [0, 0.05) is 23.0 Å². The third-order valence-electron chi connectivity index (χ3n) is 3.33. The maximum atomic E-state index is 9.00. The second-order valence-electron chi connectivity index (χ2n) is 4.82. The Morgan fingerprint density at radius 2 is 2.32 bits per heavy atom. The molecule has 0 radical (unpaired) electrons. The van der Waals surface area contributed by atoms with Crippen LogP contribution >= 0.6 is 11.3 Å². The van der Waals surface area contributed by atoms with Crippen molar-refractivity contribution in [2.75, 3.05) is 7.05 Å². The lowest BCUT2D eigenvalue weighted by Gasteiger charge is -2.13. The van der Waals surface area contributed by atoms with Crippen molar-refractivity contribution in [2.24, 2.45) is 10.7 Å². The molecule has 3 N–H and O–H groups in total. The number of nitrogens with one attached hydrogen (secondary N) is 1. The fraction of sp³-hybridized carbons (Fsp3) is 0.176. The van der Waals surface area contributed by atoms with Gasteiger partial charge in [0.25, 0.3) is 0 Å². The normalized spacial score (nSPS) is 12.2. The Hall–Kier alpha value is -2.42. The molecule has 1 unspecified atom stereocenters. The first-order valence-electron chi connectivity index (χ1n) is 6.86. The zero-order chi connectivity index (χ0) is 15.9. The van der Waals surface area contributed by atoms with E-state index in [0.29, 0.717) is 12.0 Å². The van der Waals surface area contributed by atoms with Crippen molar-refractivity contribution < 1.29 is 0 Å². The maximum absolute atomic E-state index is 9.00. The molecule has 2 rings (SSSR count). The van der Waals surface area contributed by atoms with E-state index in [4.69, 9.17) is 11.0 Å². The van der Waals surface area contributed by atoms with Crippen LogP contribution in [0.2, 0.25) is 0 Å². The van der Waals surface area contributed by atoms with Crippen LogP contribution in [0.3, 0.4) is 0 Å². The summed E-state index contributed by atoms with van der Waals surface area (Å²) in [6, 6.07) is 12.1. The smallest absolute Gasteiger partial charge is 0.0991 e. The Bertz CT molecular complexity index is 724. The Morgan fingerprint density at radius 3 is 3.00 bits per heavy atom. The van der Waals surface area contributed by atoms with Crippen LogP contribution in [0, 0.1) is 11.3 Å². The van der Waals surface area contributed by atoms with E-state index in [0.717, 1.165) is 16.8 Å². The SMILES string of the molecule is C=C(CC(NC)c1cc(-c2cccc(C#N)c2)cs1)N=CN. The Labute approximate surface area is 134 Å². The molecule has 0 aliphatic carbocycles. The number of nitriles is 1. The van der Waals surface area contributed by atoms with Gasteiger partial charge in [-0.15, -0.1) is 11.3 Å². The molecule has 0 aliphatic rings. The number of nitrogens with two attached hydrogens (primary N) is 1. The molecular formula is C17H18N4S. The van der Waals surface area contributed by atoms with Gasteiger partial charge in [0.2, 0.25) is 0 Å². The van der Waals surface area contributed by atoms with E-state index < -0.39 is 0 Å². The molecule has 0 aliphatic heterocycles. The van der Waals surface area contributed by atoms with Crippen LogP contribution in [0.25, 0.3) is 11.1 Å². The molecule has 1 heterocycles. The molecule has 1 atom stereocenters. The molecule has 22 heavy (non-hydrogen) atoms. The number of hydrogen-bond donors (Lipinski definition) is 2. The van der Waals surface area contributed by atoms with Gasteiger partial charge in [-0.2, -0.15) is 5.26 Å². The Morgan fingerprint density at radius 1 is 1.50 bits per heavy atom. The van der Waals surface area contributed by atoms with Gasteiger partial charge in [-0.3, -0.25) is 0 Å². The number of thiophene rings is 1. The highest BCUT2D eigenvalue weighted by atomic mass is 32.1. The van der Waals surface area contributed by atoms with Gasteiger partial charge < -0.3 is 11.1 Å². The second kappa shape index (κ2) is 7.55. The zero-order valence-electron chi connectivity index (χ0n) is 12.4. The van der Waals surface area contributed by atoms with Crippen LogP contribution in [-0.2, 0) is 0 Å². The highest BCUT2D eigenvalue weighted by Crippen LogP contribution is 2.32. The topological polar surface area (TPSA) is 74.2 Å². The van der Waals surface area contributed by atoms with Crippen LogP contribution < -0.4 is 11.1 Å². The number of rotatable bonds is 6. The molecule has 2 aromatic rings. The molecule has 0 bridgehead atoms. The summed E-state index contributed by atoms with van der Waals surface area (Å²) in [5.74, 6) is 0. The van der Waals surface area contributed by atoms with Crippen LogP contribution in [0.15, 0.2) is 53.0 Å². The predicted octanol–water partition coefficient (Wildman–Crippen LogP) is 3.44. The summed E-state index contributed by atoms with van der Waals surface area (Å²) in [4.78, 5) is 5.21. The lowest BCUT2D eigenvalue weighted by Crippen LogP contribution is -2.15. The molecular weight excluding hydrogens is 292 g/mol. The zero-order valence-corrected chi connectivity index (χ0v) is 13.2. The molecule has 1 aromatic heterocycles. The summed E-state index contributed by atoms with van der Waals surface area (Å²) in [5.41, 5.74) is 8.87. The number of nitrogens with zero attached hydrogens (tertiary/aromatic N) is 2. The van der Waals surface area contributed by atoms with Gasteiger partial charge in [0.05, 0.1) is 18.0 Å². The first kappa shape index (κ1) is 16.0. The van der Waals surface area contributed by atoms with Crippen molar-refractivity contribution in [3.63, 3.8) is 0 Å². The highest BCUT2D eigenvalue weighted by Gasteiger charge is 2.14. The quantitative estimate of drug-likeness (QED) is 0.634. The predicted molar refractivity (Wildman–Crippen MR) is 92.7 cm³/mol. The molecule has 0 saturated carbocycles. The second-order valence-corrected chi connectivity index (χ2v) is 5.76. The lowest BCUT2D eigenvalue weighted by atomic mass is 10.0. The molecule has 1 aromatic carbocycles. The number of benzene rings is 1. The summed E-state index contributed by atoms with van der Waals surface area (Å²) in [6.07, 6.45) is 1.96. The van der Waals surface area contributed by atoms with Gasteiger partial charge in [-0.25, -0.2) is 4.99 Å². The molecule has 4 nitrogen and oxygen atoms in total. The van der Waals surface area contributed by atoms with Crippen LogP contribution in [0.1, 0.15) is 22.9 Å². The van der Waals surface area contributed by atoms with Crippen LogP contribution in [0.4, 0.5) is 0 Å². The first-order valence-corrected chi connectivity index (χ1v) is 7.74. The van der Waals surface area contributed by atoms with E-state index in [1.807, 2.05) is 31.3 Å². The van der Waals surface area contributed by atoms with E-state index >= 15 is 0 Å². The van der Waals surface area contributed by atoms with E-state index in [9.17, 15) is 0 Å². The lowest BCUT2D eigenvalue weighted by molar-refractivity contribution is 0.597. The highest BCUT2D eigenvalue weighted by molar-refractivity contribution is 7.10. The molecule has 5 heteroatoms. The van der Waals surface area contributed by atoms with E-state index in [1.165, 1.54) is 11.2 Å². The van der Waals surface area contributed by atoms with Gasteiger partial charge in [-0.05, 0) is 41.8 Å². The van der Waals surface area contributed by atoms with Crippen molar-refractivity contribution >= 4 is 17.7 Å². The molecule has 0 fully saturated rings. The summed E-state index contributed by atoms with van der Waals surface area (Å²) < 4.78 is 0. The fourth-order valence-corrected chi connectivity index (χ4v) is 3.22. The van der Waals surface area contributed by atoms with Gasteiger partial charge in [0.1, 0.15) is 0 Å². The minimum absolute atomic E-state index is 0.147. The fourth-order valence-electron chi connectivity index (χ4n) is 2.19. The van der Waals surface area contributed by atoms with Crippen LogP contribution in [-0.4, -0.2) is 13.4 Å². The van der Waals surface area contributed by atoms with E-state index in [-0.39, 0.29) is 6.04 Å². The summed E-state index contributed by atoms with van der Waals surface area (Å²) in [6.45, 7) is 3.90. The number of hydrogen-bond acceptors (Lipinski definition) is 4. The van der Waals surface area contributed by atoms with Crippen molar-refractivity contribution in [3.05, 3.63) is 58.4 Å². The Balaban J connectivity index is 2.22. The number of aliphatic imine (C=N–C) groups is 1. The minimum Gasteiger partial charge on any atom is -0.390 e. The van der Waals surface area contributed by atoms with Crippen molar-refractivity contribution in [2.45, 2.75) is 12.5 Å². The standard InChI is InChI=1S/C17H18N4S/c1-12(21-11-19)6-16(20-2)17-8-15(10-22-17)14-5-3-4-13(7-14)9-18/h3-5,7-8,10-11,16,20H,1,6H2,2H3,(H2,19,21).